The van der Waals surface area contributed by atoms with E-state index in [2.05, 4.69) is 22.9 Å². The summed E-state index contributed by atoms with van der Waals surface area (Å²) in [6, 6.07) is 0. The first kappa shape index (κ1) is 21.3. The molecule has 0 atom stereocenters. The first-order chi connectivity index (χ1) is 10.4. The van der Waals surface area contributed by atoms with Crippen molar-refractivity contribution >= 4 is 15.9 Å². The number of unbranched alkanes of at least 4 members (excludes halogenated alkanes) is 2. The molecule has 0 aliphatic rings. The van der Waals surface area contributed by atoms with Gasteiger partial charge in [0.25, 0.3) is 0 Å². The predicted molar refractivity (Wildman–Crippen MR) is 87.4 cm³/mol. The first-order valence-corrected chi connectivity index (χ1v) is 8.98. The van der Waals surface area contributed by atoms with Crippen molar-refractivity contribution in [2.45, 2.75) is 26.2 Å². The molecule has 0 saturated carbocycles. The summed E-state index contributed by atoms with van der Waals surface area (Å²) in [7, 11) is 0. The van der Waals surface area contributed by atoms with Crippen LogP contribution in [0.3, 0.4) is 0 Å². The number of halogens is 1. The fourth-order valence-electron chi connectivity index (χ4n) is 1.49. The topological polar surface area (TPSA) is 46.2 Å². The molecule has 0 rings (SSSR count). The molecule has 0 spiro atoms. The van der Waals surface area contributed by atoms with E-state index in [1.165, 1.54) is 12.8 Å². The van der Waals surface area contributed by atoms with Crippen LogP contribution in [0.15, 0.2) is 0 Å². The van der Waals surface area contributed by atoms with Crippen LogP contribution in [0.1, 0.15) is 26.2 Å². The molecule has 0 heterocycles. The van der Waals surface area contributed by atoms with Gasteiger partial charge in [0.05, 0.1) is 59.5 Å². The summed E-state index contributed by atoms with van der Waals surface area (Å²) in [6.07, 6.45) is 3.60. The fraction of sp³-hybridized carbons (Fsp3) is 1.00. The highest BCUT2D eigenvalue weighted by atomic mass is 79.9. The standard InChI is InChI=1S/C15H31BrO5/c1-2-3-4-6-17-8-10-19-12-14-21-15-13-20-11-9-18-7-5-16/h2-15H2,1H3. The second-order valence-electron chi connectivity index (χ2n) is 4.46. The lowest BCUT2D eigenvalue weighted by Gasteiger charge is -2.07. The molecule has 0 amide bonds. The number of hydrogen-bond donors (Lipinski definition) is 0. The van der Waals surface area contributed by atoms with Gasteiger partial charge in [-0.15, -0.1) is 0 Å². The molecule has 0 aliphatic carbocycles. The monoisotopic (exact) mass is 370 g/mol. The summed E-state index contributed by atoms with van der Waals surface area (Å²) in [5.74, 6) is 0. The third-order valence-corrected chi connectivity index (χ3v) is 2.93. The average Bonchev–Trinajstić information content (AvgIpc) is 2.50. The summed E-state index contributed by atoms with van der Waals surface area (Å²) >= 11 is 3.29. The van der Waals surface area contributed by atoms with Crippen LogP contribution in [0.5, 0.6) is 0 Å². The van der Waals surface area contributed by atoms with Crippen LogP contribution in [-0.2, 0) is 23.7 Å². The van der Waals surface area contributed by atoms with Crippen molar-refractivity contribution in [3.8, 4) is 0 Å². The lowest BCUT2D eigenvalue weighted by molar-refractivity contribution is -0.0102. The zero-order chi connectivity index (χ0) is 15.4. The van der Waals surface area contributed by atoms with Gasteiger partial charge in [0.1, 0.15) is 0 Å². The summed E-state index contributed by atoms with van der Waals surface area (Å²) in [6.45, 7) is 8.68. The van der Waals surface area contributed by atoms with Gasteiger partial charge in [-0.05, 0) is 6.42 Å². The maximum absolute atomic E-state index is 5.44. The molecule has 0 unspecified atom stereocenters. The summed E-state index contributed by atoms with van der Waals surface area (Å²) in [4.78, 5) is 0. The molecule has 0 radical (unpaired) electrons. The molecule has 5 nitrogen and oxygen atoms in total. The van der Waals surface area contributed by atoms with Gasteiger partial charge in [-0.25, -0.2) is 0 Å². The second kappa shape index (κ2) is 20.3. The van der Waals surface area contributed by atoms with Crippen LogP contribution in [-0.4, -0.2) is 71.4 Å². The Kier molecular flexibility index (Phi) is 20.6. The molecule has 0 saturated heterocycles. The van der Waals surface area contributed by atoms with Gasteiger partial charge in [-0.1, -0.05) is 35.7 Å². The number of rotatable bonds is 18. The van der Waals surface area contributed by atoms with E-state index in [0.717, 1.165) is 25.0 Å². The molecule has 0 bridgehead atoms. The van der Waals surface area contributed by atoms with Crippen LogP contribution in [0.25, 0.3) is 0 Å². The van der Waals surface area contributed by atoms with E-state index >= 15 is 0 Å². The van der Waals surface area contributed by atoms with Crippen molar-refractivity contribution in [3.63, 3.8) is 0 Å². The fourth-order valence-corrected chi connectivity index (χ4v) is 1.72. The van der Waals surface area contributed by atoms with Crippen molar-refractivity contribution in [2.24, 2.45) is 0 Å². The molecule has 0 N–H and O–H groups in total. The Morgan fingerprint density at radius 1 is 0.524 bits per heavy atom. The Balaban J connectivity index is 2.90. The Morgan fingerprint density at radius 2 is 0.905 bits per heavy atom. The highest BCUT2D eigenvalue weighted by Gasteiger charge is 1.93. The second-order valence-corrected chi connectivity index (χ2v) is 5.25. The minimum Gasteiger partial charge on any atom is -0.379 e. The van der Waals surface area contributed by atoms with Crippen LogP contribution in [0.4, 0.5) is 0 Å². The normalized spacial score (nSPS) is 11.1. The molecule has 128 valence electrons. The number of alkyl halides is 1. The molecular formula is C15H31BrO5. The third-order valence-electron chi connectivity index (χ3n) is 2.60. The first-order valence-electron chi connectivity index (χ1n) is 7.86. The lowest BCUT2D eigenvalue weighted by Crippen LogP contribution is -2.13. The highest BCUT2D eigenvalue weighted by molar-refractivity contribution is 9.09. The van der Waals surface area contributed by atoms with Crippen molar-refractivity contribution in [2.75, 3.05) is 71.4 Å². The Labute approximate surface area is 137 Å². The van der Waals surface area contributed by atoms with E-state index in [9.17, 15) is 0 Å². The molecule has 0 fully saturated rings. The van der Waals surface area contributed by atoms with Crippen molar-refractivity contribution in [3.05, 3.63) is 0 Å². The Hall–Kier alpha value is 0.280. The molecule has 21 heavy (non-hydrogen) atoms. The van der Waals surface area contributed by atoms with Crippen molar-refractivity contribution < 1.29 is 23.7 Å². The van der Waals surface area contributed by atoms with Crippen molar-refractivity contribution in [1.82, 2.24) is 0 Å². The van der Waals surface area contributed by atoms with Crippen LogP contribution >= 0.6 is 15.9 Å². The molecule has 0 aromatic heterocycles. The van der Waals surface area contributed by atoms with Gasteiger partial charge in [0.15, 0.2) is 0 Å². The van der Waals surface area contributed by atoms with E-state index in [-0.39, 0.29) is 0 Å². The van der Waals surface area contributed by atoms with E-state index in [1.807, 2.05) is 0 Å². The molecular weight excluding hydrogens is 340 g/mol. The van der Waals surface area contributed by atoms with Gasteiger partial charge in [-0.2, -0.15) is 0 Å². The maximum atomic E-state index is 5.44. The average molecular weight is 371 g/mol. The van der Waals surface area contributed by atoms with Gasteiger partial charge in [-0.3, -0.25) is 0 Å². The van der Waals surface area contributed by atoms with Gasteiger partial charge < -0.3 is 23.7 Å². The molecule has 6 heteroatoms. The van der Waals surface area contributed by atoms with E-state index < -0.39 is 0 Å². The van der Waals surface area contributed by atoms with E-state index in [4.69, 9.17) is 23.7 Å². The smallest absolute Gasteiger partial charge is 0.0701 e. The minimum absolute atomic E-state index is 0.593. The number of ether oxygens (including phenoxy) is 5. The molecule has 0 aromatic carbocycles. The lowest BCUT2D eigenvalue weighted by atomic mass is 10.3. The van der Waals surface area contributed by atoms with Gasteiger partial charge in [0, 0.05) is 11.9 Å². The zero-order valence-corrected chi connectivity index (χ0v) is 14.9. The third kappa shape index (κ3) is 20.3. The van der Waals surface area contributed by atoms with E-state index in [0.29, 0.717) is 52.9 Å². The predicted octanol–water partition coefficient (Wildman–Crippen LogP) is 2.65. The summed E-state index contributed by atoms with van der Waals surface area (Å²) < 4.78 is 26.8. The largest absolute Gasteiger partial charge is 0.379 e. The highest BCUT2D eigenvalue weighted by Crippen LogP contribution is 1.93. The molecule has 0 aliphatic heterocycles. The Bertz CT molecular complexity index is 165. The SMILES string of the molecule is CCCCCOCCOCCOCCOCCOCCBr. The molecule has 0 aromatic rings. The quantitative estimate of drug-likeness (QED) is 0.274. The van der Waals surface area contributed by atoms with Gasteiger partial charge in [0.2, 0.25) is 0 Å². The van der Waals surface area contributed by atoms with Crippen LogP contribution < -0.4 is 0 Å². The zero-order valence-electron chi connectivity index (χ0n) is 13.3. The summed E-state index contributed by atoms with van der Waals surface area (Å²) in [5.41, 5.74) is 0. The van der Waals surface area contributed by atoms with E-state index in [1.54, 1.807) is 0 Å². The number of hydrogen-bond acceptors (Lipinski definition) is 5. The van der Waals surface area contributed by atoms with Crippen LogP contribution in [0, 0.1) is 0 Å². The van der Waals surface area contributed by atoms with Crippen LogP contribution in [0.2, 0.25) is 0 Å². The summed E-state index contributed by atoms with van der Waals surface area (Å²) in [5, 5.41) is 0.861. The Morgan fingerprint density at radius 3 is 1.29 bits per heavy atom. The van der Waals surface area contributed by atoms with Crippen molar-refractivity contribution in [1.29, 1.82) is 0 Å². The van der Waals surface area contributed by atoms with Gasteiger partial charge >= 0.3 is 0 Å². The minimum atomic E-state index is 0.593. The maximum Gasteiger partial charge on any atom is 0.0701 e.